The summed E-state index contributed by atoms with van der Waals surface area (Å²) >= 11 is 0. The number of aromatic nitrogens is 1. The highest BCUT2D eigenvalue weighted by Crippen LogP contribution is 2.32. The second-order valence-corrected chi connectivity index (χ2v) is 14.8. The fourth-order valence-corrected chi connectivity index (χ4v) is 6.88. The van der Waals surface area contributed by atoms with Crippen LogP contribution in [0.3, 0.4) is 0 Å². The van der Waals surface area contributed by atoms with Crippen molar-refractivity contribution in [3.8, 4) is 11.1 Å². The van der Waals surface area contributed by atoms with Gasteiger partial charge in [0.15, 0.2) is 19.2 Å². The molecule has 2 heterocycles. The number of hydrogen-bond acceptors (Lipinski definition) is 6. The van der Waals surface area contributed by atoms with Crippen LogP contribution in [-0.4, -0.2) is 60.4 Å². The fourth-order valence-electron chi connectivity index (χ4n) is 5.89. The van der Waals surface area contributed by atoms with Crippen LogP contribution in [0.2, 0.25) is 0 Å². The van der Waals surface area contributed by atoms with Crippen LogP contribution in [0, 0.1) is 5.92 Å². The van der Waals surface area contributed by atoms with Gasteiger partial charge in [-0.25, -0.2) is 0 Å². The van der Waals surface area contributed by atoms with Gasteiger partial charge in [-0.05, 0) is 54.4 Å². The van der Waals surface area contributed by atoms with E-state index in [1.807, 2.05) is 67.6 Å². The summed E-state index contributed by atoms with van der Waals surface area (Å²) in [5.74, 6) is 0.898. The first-order valence-corrected chi connectivity index (χ1v) is 18.3. The van der Waals surface area contributed by atoms with E-state index in [-0.39, 0.29) is 18.4 Å². The van der Waals surface area contributed by atoms with Crippen molar-refractivity contribution in [2.24, 2.45) is 5.92 Å². The number of ether oxygens (including phenoxy) is 1. The van der Waals surface area contributed by atoms with Crippen molar-refractivity contribution in [1.29, 1.82) is 0 Å². The molecule has 1 saturated carbocycles. The number of nitrogens with zero attached hydrogens (tertiary/aromatic N) is 2. The maximum atomic E-state index is 11.7. The molecule has 3 aromatic rings. The molecule has 1 fully saturated rings. The lowest BCUT2D eigenvalue weighted by atomic mass is 9.87. The number of fused-ring (bicyclic) bond motifs is 2. The minimum absolute atomic E-state index is 0.00223. The molecule has 2 unspecified atom stereocenters. The van der Waals surface area contributed by atoms with Gasteiger partial charge in [0.2, 0.25) is 11.3 Å². The first-order valence-electron chi connectivity index (χ1n) is 15.0. The highest BCUT2D eigenvalue weighted by atomic mass is 32.2. The molecule has 1 aliphatic heterocycles. The molecule has 2 aliphatic rings. The largest absolute Gasteiger partial charge is 0.430 e. The molecule has 0 saturated heterocycles. The second-order valence-electron chi connectivity index (χ2n) is 11.6. The van der Waals surface area contributed by atoms with Crippen LogP contribution >= 0.6 is 0 Å². The number of allylic oxidation sites excluding steroid dienone is 2. The molecule has 44 heavy (non-hydrogen) atoms. The van der Waals surface area contributed by atoms with Crippen molar-refractivity contribution >= 4 is 43.1 Å². The third-order valence-electron chi connectivity index (χ3n) is 8.20. The van der Waals surface area contributed by atoms with Crippen LogP contribution in [0.5, 0.6) is 0 Å². The lowest BCUT2D eigenvalue weighted by molar-refractivity contribution is -0.673. The Morgan fingerprint density at radius 2 is 1.70 bits per heavy atom. The van der Waals surface area contributed by atoms with Crippen LogP contribution in [0.25, 0.3) is 28.3 Å². The molecular formula is C32H40N2O8S2+2. The predicted octanol–water partition coefficient (Wildman–Crippen LogP) is 5.25. The molecule has 236 valence electrons. The standard InChI is InChI=1S/C32H38N2O8S2/c1-3-24(20-31-33(15-7-8-17-43(35,36)37)27-19-23(2)11-13-29(27)41-31)21-32-34(16-18-44(38,39)40)28-22-26(12-14-30(28)42-32)25-9-5-4-6-10-25/h4-6,9-10,12,14,20-23,29H,3,7-8,11,13,15-19H2,1-2H3/p+2. The zero-order valence-corrected chi connectivity index (χ0v) is 26.7. The predicted molar refractivity (Wildman–Crippen MR) is 168 cm³/mol. The van der Waals surface area contributed by atoms with E-state index in [0.717, 1.165) is 36.0 Å². The van der Waals surface area contributed by atoms with Crippen LogP contribution in [0.1, 0.15) is 58.3 Å². The lowest BCUT2D eigenvalue weighted by Gasteiger charge is -2.19. The molecule has 2 N–H and O–H groups in total. The molecule has 0 bridgehead atoms. The molecular weight excluding hydrogens is 604 g/mol. The summed E-state index contributed by atoms with van der Waals surface area (Å²) < 4.78 is 81.2. The van der Waals surface area contributed by atoms with Gasteiger partial charge in [0.1, 0.15) is 5.75 Å². The van der Waals surface area contributed by atoms with Crippen molar-refractivity contribution in [2.45, 2.75) is 65.0 Å². The van der Waals surface area contributed by atoms with Gasteiger partial charge in [0.05, 0.1) is 17.9 Å². The van der Waals surface area contributed by atoms with Crippen molar-refractivity contribution in [1.82, 2.24) is 0 Å². The highest BCUT2D eigenvalue weighted by Gasteiger charge is 2.42. The summed E-state index contributed by atoms with van der Waals surface area (Å²) in [4.78, 5) is 0. The summed E-state index contributed by atoms with van der Waals surface area (Å²) in [6.07, 6.45) is 8.21. The number of aryl methyl sites for hydroxylation is 1. The Balaban J connectivity index is 1.52. The highest BCUT2D eigenvalue weighted by molar-refractivity contribution is 7.86. The zero-order chi connectivity index (χ0) is 31.5. The molecule has 2 atom stereocenters. The van der Waals surface area contributed by atoms with Crippen molar-refractivity contribution in [3.05, 3.63) is 72.0 Å². The Hall–Kier alpha value is -3.32. The maximum absolute atomic E-state index is 11.7. The molecule has 10 nitrogen and oxygen atoms in total. The Morgan fingerprint density at radius 1 is 0.955 bits per heavy atom. The number of benzene rings is 2. The van der Waals surface area contributed by atoms with E-state index in [9.17, 15) is 21.4 Å². The van der Waals surface area contributed by atoms with Gasteiger partial charge in [-0.1, -0.05) is 50.2 Å². The van der Waals surface area contributed by atoms with E-state index in [1.54, 1.807) is 4.57 Å². The van der Waals surface area contributed by atoms with Gasteiger partial charge < -0.3 is 9.15 Å². The quantitative estimate of drug-likeness (QED) is 0.155. The summed E-state index contributed by atoms with van der Waals surface area (Å²) in [7, 11) is -8.24. The summed E-state index contributed by atoms with van der Waals surface area (Å²) in [5, 5.41) is 0. The molecule has 0 amide bonds. The van der Waals surface area contributed by atoms with Gasteiger partial charge in [-0.2, -0.15) is 26.0 Å². The van der Waals surface area contributed by atoms with E-state index >= 15 is 0 Å². The van der Waals surface area contributed by atoms with E-state index in [2.05, 4.69) is 11.5 Å². The third kappa shape index (κ3) is 8.03. The van der Waals surface area contributed by atoms with Crippen molar-refractivity contribution in [3.63, 3.8) is 0 Å². The van der Waals surface area contributed by atoms with Gasteiger partial charge >= 0.3 is 11.8 Å². The average molecular weight is 645 g/mol. The smallest absolute Gasteiger partial charge is 0.374 e. The first kappa shape index (κ1) is 32.1. The van der Waals surface area contributed by atoms with E-state index < -0.39 is 26.0 Å². The van der Waals surface area contributed by atoms with E-state index in [4.69, 9.17) is 13.7 Å². The van der Waals surface area contributed by atoms with E-state index in [0.29, 0.717) is 54.6 Å². The van der Waals surface area contributed by atoms with Crippen LogP contribution in [0.15, 0.2) is 70.5 Å². The molecule has 12 heteroatoms. The first-order chi connectivity index (χ1) is 20.9. The SMILES string of the molecule is CCC(=Cc1oc2ccc(-c3ccccc3)cc2[n+]1CCS(=O)(=O)O)C=C1OC2CCC(C)CC2=[N+]1CCCCS(=O)(=O)O. The zero-order valence-electron chi connectivity index (χ0n) is 25.1. The van der Waals surface area contributed by atoms with E-state index in [1.165, 1.54) is 5.71 Å². The van der Waals surface area contributed by atoms with Gasteiger partial charge in [0.25, 0.3) is 25.8 Å². The molecule has 1 aromatic heterocycles. The number of oxazole rings is 1. The van der Waals surface area contributed by atoms with Crippen LogP contribution < -0.4 is 4.57 Å². The number of rotatable bonds is 12. The normalized spacial score (nSPS) is 20.4. The fraction of sp³-hybridized carbons (Fsp3) is 0.438. The topological polar surface area (TPSA) is 138 Å². The van der Waals surface area contributed by atoms with Crippen LogP contribution in [0.4, 0.5) is 0 Å². The van der Waals surface area contributed by atoms with Crippen molar-refractivity contribution < 1.29 is 44.2 Å². The minimum atomic E-state index is -4.22. The Morgan fingerprint density at radius 3 is 2.41 bits per heavy atom. The third-order valence-corrected chi connectivity index (χ3v) is 9.70. The maximum Gasteiger partial charge on any atom is 0.374 e. The Kier molecular flexibility index (Phi) is 9.74. The van der Waals surface area contributed by atoms with Crippen LogP contribution in [-0.2, 0) is 31.5 Å². The van der Waals surface area contributed by atoms with Gasteiger partial charge in [0, 0.05) is 18.9 Å². The minimum Gasteiger partial charge on any atom is -0.430 e. The van der Waals surface area contributed by atoms with Crippen molar-refractivity contribution in [2.75, 3.05) is 18.1 Å². The van der Waals surface area contributed by atoms with Gasteiger partial charge in [-0.3, -0.25) is 9.11 Å². The summed E-state index contributed by atoms with van der Waals surface area (Å²) in [6, 6.07) is 15.6. The average Bonchev–Trinajstić information content (AvgIpc) is 3.49. The molecule has 5 rings (SSSR count). The second kappa shape index (κ2) is 13.4. The Labute approximate surface area is 258 Å². The molecule has 1 aliphatic carbocycles. The summed E-state index contributed by atoms with van der Waals surface area (Å²) in [6.45, 7) is 4.79. The monoisotopic (exact) mass is 644 g/mol. The Bertz CT molecular complexity index is 1820. The van der Waals surface area contributed by atoms with Gasteiger partial charge in [-0.15, -0.1) is 0 Å². The molecule has 0 radical (unpaired) electrons. The number of unbranched alkanes of at least 4 members (excludes halogenated alkanes) is 1. The molecule has 2 aromatic carbocycles. The number of hydrogen-bond donors (Lipinski definition) is 2. The summed E-state index contributed by atoms with van der Waals surface area (Å²) in [5.41, 5.74) is 5.33. The molecule has 0 spiro atoms. The lowest BCUT2D eigenvalue weighted by Crippen LogP contribution is -2.38.